The zero-order valence-electron chi connectivity index (χ0n) is 13.6. The van der Waals surface area contributed by atoms with Crippen LogP contribution < -0.4 is 0 Å². The molecule has 0 aromatic rings. The summed E-state index contributed by atoms with van der Waals surface area (Å²) in [6.07, 6.45) is 5.27. The van der Waals surface area contributed by atoms with E-state index in [-0.39, 0.29) is 17.8 Å². The normalized spacial score (nSPS) is 10.7. The van der Waals surface area contributed by atoms with Crippen molar-refractivity contribution in [1.82, 2.24) is 4.90 Å². The van der Waals surface area contributed by atoms with Gasteiger partial charge in [0.15, 0.2) is 0 Å². The number of carbonyl (C=O) groups is 2. The summed E-state index contributed by atoms with van der Waals surface area (Å²) < 4.78 is 4.93. The summed E-state index contributed by atoms with van der Waals surface area (Å²) in [6, 6.07) is 0. The van der Waals surface area contributed by atoms with Crippen molar-refractivity contribution in [3.8, 4) is 0 Å². The lowest BCUT2D eigenvalue weighted by molar-refractivity contribution is -0.144. The van der Waals surface area contributed by atoms with E-state index < -0.39 is 0 Å². The number of hydrogen-bond donors (Lipinski definition) is 0. The molecule has 0 aliphatic heterocycles. The monoisotopic (exact) mass is 285 g/mol. The van der Waals surface area contributed by atoms with E-state index in [1.165, 1.54) is 0 Å². The first-order chi connectivity index (χ1) is 9.60. The summed E-state index contributed by atoms with van der Waals surface area (Å²) in [5.41, 5.74) is 0. The van der Waals surface area contributed by atoms with E-state index in [0.29, 0.717) is 19.6 Å². The van der Waals surface area contributed by atoms with Gasteiger partial charge in [0.2, 0.25) is 5.91 Å². The van der Waals surface area contributed by atoms with Gasteiger partial charge in [-0.25, -0.2) is 0 Å². The molecule has 0 spiro atoms. The quantitative estimate of drug-likeness (QED) is 0.432. The smallest absolute Gasteiger partial charge is 0.307 e. The maximum Gasteiger partial charge on any atom is 0.307 e. The molecule has 4 nitrogen and oxygen atoms in total. The Bertz CT molecular complexity index is 275. The molecule has 0 radical (unpaired) electrons. The van der Waals surface area contributed by atoms with Crippen LogP contribution in [0.5, 0.6) is 0 Å². The van der Waals surface area contributed by atoms with Crippen LogP contribution in [-0.2, 0) is 14.3 Å². The molecule has 0 fully saturated rings. The lowest BCUT2D eigenvalue weighted by Gasteiger charge is -2.26. The van der Waals surface area contributed by atoms with Gasteiger partial charge in [0.05, 0.1) is 13.0 Å². The topological polar surface area (TPSA) is 46.6 Å². The standard InChI is InChI=1S/C16H31NO3/c1-5-9-10-12-17(13-11-15(18)20-8-4)16(19)14(6-2)7-3/h14H,5-13H2,1-4H3. The molecule has 1 amide bonds. The second-order valence-electron chi connectivity index (χ2n) is 5.10. The van der Waals surface area contributed by atoms with Crippen LogP contribution in [0.2, 0.25) is 0 Å². The van der Waals surface area contributed by atoms with E-state index in [0.717, 1.165) is 38.6 Å². The van der Waals surface area contributed by atoms with Crippen molar-refractivity contribution in [3.63, 3.8) is 0 Å². The van der Waals surface area contributed by atoms with Gasteiger partial charge in [0.25, 0.3) is 0 Å². The third-order valence-corrected chi connectivity index (χ3v) is 3.57. The summed E-state index contributed by atoms with van der Waals surface area (Å²) >= 11 is 0. The van der Waals surface area contributed by atoms with Crippen LogP contribution in [0.4, 0.5) is 0 Å². The molecule has 0 rings (SSSR count). The molecular weight excluding hydrogens is 254 g/mol. The molecular formula is C16H31NO3. The van der Waals surface area contributed by atoms with Crippen LogP contribution in [0.25, 0.3) is 0 Å². The minimum Gasteiger partial charge on any atom is -0.466 e. The Kier molecular flexibility index (Phi) is 11.1. The fraction of sp³-hybridized carbons (Fsp3) is 0.875. The zero-order chi connectivity index (χ0) is 15.4. The van der Waals surface area contributed by atoms with Crippen molar-refractivity contribution in [3.05, 3.63) is 0 Å². The molecule has 20 heavy (non-hydrogen) atoms. The zero-order valence-corrected chi connectivity index (χ0v) is 13.6. The number of nitrogens with zero attached hydrogens (tertiary/aromatic N) is 1. The first-order valence-electron chi connectivity index (χ1n) is 8.04. The van der Waals surface area contributed by atoms with Crippen LogP contribution in [0.15, 0.2) is 0 Å². The molecule has 0 bridgehead atoms. The van der Waals surface area contributed by atoms with Crippen molar-refractivity contribution in [2.75, 3.05) is 19.7 Å². The highest BCUT2D eigenvalue weighted by atomic mass is 16.5. The third kappa shape index (κ3) is 7.51. The number of carbonyl (C=O) groups excluding carboxylic acids is 2. The summed E-state index contributed by atoms with van der Waals surface area (Å²) in [6.45, 7) is 9.66. The summed E-state index contributed by atoms with van der Waals surface area (Å²) in [5, 5.41) is 0. The van der Waals surface area contributed by atoms with Gasteiger partial charge in [-0.2, -0.15) is 0 Å². The SMILES string of the molecule is CCCCCN(CCC(=O)OCC)C(=O)C(CC)CC. The van der Waals surface area contributed by atoms with E-state index in [1.807, 2.05) is 18.7 Å². The predicted molar refractivity (Wildman–Crippen MR) is 81.4 cm³/mol. The van der Waals surface area contributed by atoms with Crippen LogP contribution in [0.1, 0.15) is 66.2 Å². The molecule has 0 saturated heterocycles. The lowest BCUT2D eigenvalue weighted by Crippen LogP contribution is -2.38. The summed E-state index contributed by atoms with van der Waals surface area (Å²) in [4.78, 5) is 25.7. The Labute approximate surface area is 123 Å². The predicted octanol–water partition coefficient (Wildman–Crippen LogP) is 3.39. The number of amides is 1. The first-order valence-corrected chi connectivity index (χ1v) is 8.04. The summed E-state index contributed by atoms with van der Waals surface area (Å²) in [7, 11) is 0. The minimum atomic E-state index is -0.217. The second kappa shape index (κ2) is 11.7. The van der Waals surface area contributed by atoms with E-state index in [2.05, 4.69) is 6.92 Å². The summed E-state index contributed by atoms with van der Waals surface area (Å²) in [5.74, 6) is 0.0552. The molecule has 118 valence electrons. The van der Waals surface area contributed by atoms with Crippen molar-refractivity contribution in [2.24, 2.45) is 5.92 Å². The van der Waals surface area contributed by atoms with Crippen molar-refractivity contribution in [2.45, 2.75) is 66.2 Å². The largest absolute Gasteiger partial charge is 0.466 e. The molecule has 0 atom stereocenters. The van der Waals surface area contributed by atoms with Gasteiger partial charge in [-0.05, 0) is 26.2 Å². The molecule has 0 saturated carbocycles. The number of hydrogen-bond acceptors (Lipinski definition) is 3. The Morgan fingerprint density at radius 2 is 1.65 bits per heavy atom. The maximum absolute atomic E-state index is 12.4. The number of ether oxygens (including phenoxy) is 1. The van der Waals surface area contributed by atoms with Crippen molar-refractivity contribution >= 4 is 11.9 Å². The van der Waals surface area contributed by atoms with Gasteiger partial charge in [0, 0.05) is 19.0 Å². The molecule has 0 unspecified atom stereocenters. The Morgan fingerprint density at radius 3 is 2.15 bits per heavy atom. The maximum atomic E-state index is 12.4. The first kappa shape index (κ1) is 18.9. The van der Waals surface area contributed by atoms with Crippen LogP contribution in [0.3, 0.4) is 0 Å². The molecule has 0 aromatic carbocycles. The highest BCUT2D eigenvalue weighted by Gasteiger charge is 2.21. The van der Waals surface area contributed by atoms with Gasteiger partial charge >= 0.3 is 5.97 Å². The number of esters is 1. The molecule has 0 aromatic heterocycles. The number of rotatable bonds is 11. The van der Waals surface area contributed by atoms with Crippen molar-refractivity contribution in [1.29, 1.82) is 0 Å². The fourth-order valence-corrected chi connectivity index (χ4v) is 2.24. The van der Waals surface area contributed by atoms with Gasteiger partial charge < -0.3 is 9.64 Å². The average Bonchev–Trinajstić information content (AvgIpc) is 2.44. The average molecular weight is 285 g/mol. The van der Waals surface area contributed by atoms with E-state index >= 15 is 0 Å². The van der Waals surface area contributed by atoms with E-state index in [1.54, 1.807) is 6.92 Å². The highest BCUT2D eigenvalue weighted by molar-refractivity contribution is 5.79. The molecule has 0 aliphatic rings. The second-order valence-corrected chi connectivity index (χ2v) is 5.10. The third-order valence-electron chi connectivity index (χ3n) is 3.57. The Morgan fingerprint density at radius 1 is 1.00 bits per heavy atom. The van der Waals surface area contributed by atoms with Gasteiger partial charge in [0.1, 0.15) is 0 Å². The van der Waals surface area contributed by atoms with Crippen LogP contribution >= 0.6 is 0 Å². The minimum absolute atomic E-state index is 0.0822. The van der Waals surface area contributed by atoms with Gasteiger partial charge in [-0.1, -0.05) is 33.6 Å². The molecule has 4 heteroatoms. The Hall–Kier alpha value is -1.06. The van der Waals surface area contributed by atoms with E-state index in [4.69, 9.17) is 4.74 Å². The fourth-order valence-electron chi connectivity index (χ4n) is 2.24. The van der Waals surface area contributed by atoms with Crippen LogP contribution in [0, 0.1) is 5.92 Å². The van der Waals surface area contributed by atoms with Crippen molar-refractivity contribution < 1.29 is 14.3 Å². The molecule has 0 heterocycles. The Balaban J connectivity index is 4.46. The van der Waals surface area contributed by atoms with Gasteiger partial charge in [-0.15, -0.1) is 0 Å². The van der Waals surface area contributed by atoms with E-state index in [9.17, 15) is 9.59 Å². The molecule has 0 N–H and O–H groups in total. The van der Waals surface area contributed by atoms with Gasteiger partial charge in [-0.3, -0.25) is 9.59 Å². The molecule has 0 aliphatic carbocycles. The lowest BCUT2D eigenvalue weighted by atomic mass is 10.0. The number of unbranched alkanes of at least 4 members (excludes halogenated alkanes) is 2. The highest BCUT2D eigenvalue weighted by Crippen LogP contribution is 2.13. The van der Waals surface area contributed by atoms with Crippen LogP contribution in [-0.4, -0.2) is 36.5 Å².